The van der Waals surface area contributed by atoms with Crippen LogP contribution in [-0.2, 0) is 14.3 Å². The molecule has 0 bridgehead atoms. The van der Waals surface area contributed by atoms with Gasteiger partial charge in [0.2, 0.25) is 5.91 Å². The summed E-state index contributed by atoms with van der Waals surface area (Å²) >= 11 is 0. The molecule has 0 aromatic heterocycles. The smallest absolute Gasteiger partial charge is 0.256 e. The van der Waals surface area contributed by atoms with Gasteiger partial charge in [-0.1, -0.05) is 0 Å². The minimum Gasteiger partial charge on any atom is -0.387 e. The first kappa shape index (κ1) is 11.1. The van der Waals surface area contributed by atoms with Gasteiger partial charge in [-0.05, 0) is 0 Å². The van der Waals surface area contributed by atoms with Gasteiger partial charge in [0.05, 0.1) is 0 Å². The summed E-state index contributed by atoms with van der Waals surface area (Å²) < 4.78 is 4.53. The second-order valence-corrected chi connectivity index (χ2v) is 3.13. The topological polar surface area (TPSA) is 130 Å². The number of carbonyl (C=O) groups is 2. The summed E-state index contributed by atoms with van der Waals surface area (Å²) in [6, 6.07) is 0. The van der Waals surface area contributed by atoms with Gasteiger partial charge in [-0.2, -0.15) is 0 Å². The zero-order valence-electron chi connectivity index (χ0n) is 7.38. The summed E-state index contributed by atoms with van der Waals surface area (Å²) in [5, 5.41) is 27.9. The highest BCUT2D eigenvalue weighted by atomic mass is 16.7. The van der Waals surface area contributed by atoms with Crippen molar-refractivity contribution in [2.24, 2.45) is 5.73 Å². The summed E-state index contributed by atoms with van der Waals surface area (Å²) in [6.45, 7) is 0.958. The number of nitrogens with two attached hydrogens (primary N) is 1. The monoisotopic (exact) mass is 205 g/mol. The summed E-state index contributed by atoms with van der Waals surface area (Å²) in [4.78, 5) is 21.6. The molecule has 4 atom stereocenters. The maximum Gasteiger partial charge on any atom is 0.256 e. The first-order chi connectivity index (χ1) is 6.30. The Balaban J connectivity index is 2.97. The molecule has 0 aromatic rings. The van der Waals surface area contributed by atoms with Gasteiger partial charge in [-0.15, -0.1) is 0 Å². The van der Waals surface area contributed by atoms with Gasteiger partial charge in [-0.3, -0.25) is 9.59 Å². The first-order valence-electron chi connectivity index (χ1n) is 3.87. The predicted octanol–water partition coefficient (Wildman–Crippen LogP) is -3.13. The Morgan fingerprint density at radius 2 is 1.93 bits per heavy atom. The van der Waals surface area contributed by atoms with Crippen LogP contribution >= 0.6 is 0 Å². The van der Waals surface area contributed by atoms with Crippen LogP contribution in [0.5, 0.6) is 0 Å². The second kappa shape index (κ2) is 3.28. The summed E-state index contributed by atoms with van der Waals surface area (Å²) in [5.74, 6) is -4.53. The molecule has 80 valence electrons. The molecule has 1 amide bonds. The number of rotatable bonds is 2. The third kappa shape index (κ3) is 1.40. The Morgan fingerprint density at radius 1 is 1.43 bits per heavy atom. The van der Waals surface area contributed by atoms with Crippen LogP contribution in [0.1, 0.15) is 6.92 Å². The molecule has 0 radical (unpaired) electrons. The number of hydrogen-bond donors (Lipinski definition) is 4. The Kier molecular flexibility index (Phi) is 2.59. The van der Waals surface area contributed by atoms with Crippen molar-refractivity contribution in [3.8, 4) is 0 Å². The lowest BCUT2D eigenvalue weighted by molar-refractivity contribution is -0.219. The van der Waals surface area contributed by atoms with Gasteiger partial charge < -0.3 is 25.8 Å². The summed E-state index contributed by atoms with van der Waals surface area (Å²) in [5.41, 5.74) is 4.81. The van der Waals surface area contributed by atoms with Crippen LogP contribution < -0.4 is 5.73 Å². The predicted molar refractivity (Wildman–Crippen MR) is 41.7 cm³/mol. The molecule has 0 saturated carbocycles. The van der Waals surface area contributed by atoms with Gasteiger partial charge in [0.1, 0.15) is 12.2 Å². The first-order valence-corrected chi connectivity index (χ1v) is 3.87. The largest absolute Gasteiger partial charge is 0.387 e. The molecule has 14 heavy (non-hydrogen) atoms. The average molecular weight is 205 g/mol. The molecule has 7 nitrogen and oxygen atoms in total. The van der Waals surface area contributed by atoms with Crippen LogP contribution in [0.15, 0.2) is 0 Å². The third-order valence-electron chi connectivity index (χ3n) is 2.13. The SMILES string of the molecule is CC(=O)[C@@]1(O)O[C@H](C(N)=O)[C@@H](O)[C@H]1O. The average Bonchev–Trinajstić information content (AvgIpc) is 2.31. The van der Waals surface area contributed by atoms with Crippen molar-refractivity contribution < 1.29 is 29.6 Å². The normalized spacial score (nSPS) is 42.4. The second-order valence-electron chi connectivity index (χ2n) is 3.13. The molecule has 0 spiro atoms. The van der Waals surface area contributed by atoms with Gasteiger partial charge in [0.25, 0.3) is 5.79 Å². The molecule has 1 aliphatic heterocycles. The van der Waals surface area contributed by atoms with E-state index in [-0.39, 0.29) is 0 Å². The van der Waals surface area contributed by atoms with Crippen LogP contribution in [0.2, 0.25) is 0 Å². The standard InChI is InChI=1S/C7H11NO6/c1-2(9)7(13)5(11)3(10)4(14-7)6(8)12/h3-5,10-11,13H,1H3,(H2,8,12)/t3-,4+,5-,7-/m1/s1. The molecule has 1 fully saturated rings. The highest BCUT2D eigenvalue weighted by Gasteiger charge is 2.58. The van der Waals surface area contributed by atoms with E-state index in [2.05, 4.69) is 4.74 Å². The van der Waals surface area contributed by atoms with Crippen molar-refractivity contribution in [1.29, 1.82) is 0 Å². The minimum atomic E-state index is -2.56. The van der Waals surface area contributed by atoms with E-state index in [0.29, 0.717) is 0 Å². The van der Waals surface area contributed by atoms with Crippen molar-refractivity contribution >= 4 is 11.7 Å². The number of carbonyl (C=O) groups excluding carboxylic acids is 2. The zero-order chi connectivity index (χ0) is 11.1. The number of aliphatic hydroxyl groups is 3. The van der Waals surface area contributed by atoms with Crippen LogP contribution in [0, 0.1) is 0 Å². The molecule has 0 unspecified atom stereocenters. The summed E-state index contributed by atoms with van der Waals surface area (Å²) in [6.07, 6.45) is -5.17. The van der Waals surface area contributed by atoms with E-state index in [0.717, 1.165) is 6.92 Å². The maximum absolute atomic E-state index is 10.9. The van der Waals surface area contributed by atoms with Crippen molar-refractivity contribution in [3.63, 3.8) is 0 Å². The number of primary amides is 1. The number of ether oxygens (including phenoxy) is 1. The minimum absolute atomic E-state index is 0.909. The van der Waals surface area contributed by atoms with Crippen molar-refractivity contribution in [1.82, 2.24) is 0 Å². The Hall–Kier alpha value is -1.02. The van der Waals surface area contributed by atoms with Crippen LogP contribution in [-0.4, -0.2) is 51.1 Å². The Morgan fingerprint density at radius 3 is 2.14 bits per heavy atom. The van der Waals surface area contributed by atoms with Gasteiger partial charge >= 0.3 is 0 Å². The van der Waals surface area contributed by atoms with Crippen molar-refractivity contribution in [2.45, 2.75) is 31.0 Å². The molecule has 1 heterocycles. The van der Waals surface area contributed by atoms with Crippen LogP contribution in [0.25, 0.3) is 0 Å². The van der Waals surface area contributed by atoms with E-state index in [9.17, 15) is 24.9 Å². The van der Waals surface area contributed by atoms with Gasteiger partial charge in [0.15, 0.2) is 11.9 Å². The fourth-order valence-corrected chi connectivity index (χ4v) is 1.25. The summed E-state index contributed by atoms with van der Waals surface area (Å²) in [7, 11) is 0. The lowest BCUT2D eigenvalue weighted by atomic mass is 10.0. The van der Waals surface area contributed by atoms with E-state index >= 15 is 0 Å². The maximum atomic E-state index is 10.9. The third-order valence-corrected chi connectivity index (χ3v) is 2.13. The Labute approximate surface area is 79.1 Å². The van der Waals surface area contributed by atoms with E-state index in [4.69, 9.17) is 5.73 Å². The molecule has 1 aliphatic rings. The molecular formula is C7H11NO6. The number of Topliss-reactive ketones (excluding diaryl/α,β-unsaturated/α-hetero) is 1. The highest BCUT2D eigenvalue weighted by Crippen LogP contribution is 2.29. The van der Waals surface area contributed by atoms with E-state index in [1.807, 2.05) is 0 Å². The number of ketones is 1. The molecular weight excluding hydrogens is 194 g/mol. The number of aliphatic hydroxyl groups excluding tert-OH is 2. The number of amides is 1. The fraction of sp³-hybridized carbons (Fsp3) is 0.714. The quantitative estimate of drug-likeness (QED) is 0.377. The zero-order valence-corrected chi connectivity index (χ0v) is 7.38. The molecule has 7 heteroatoms. The van der Waals surface area contributed by atoms with Gasteiger partial charge in [0, 0.05) is 6.92 Å². The molecule has 0 aliphatic carbocycles. The number of hydrogen-bond acceptors (Lipinski definition) is 6. The van der Waals surface area contributed by atoms with E-state index < -0.39 is 35.8 Å². The van der Waals surface area contributed by atoms with Crippen LogP contribution in [0.4, 0.5) is 0 Å². The molecule has 1 saturated heterocycles. The lowest BCUT2D eigenvalue weighted by Gasteiger charge is -2.21. The van der Waals surface area contributed by atoms with Crippen molar-refractivity contribution in [3.05, 3.63) is 0 Å². The van der Waals surface area contributed by atoms with Crippen LogP contribution in [0.3, 0.4) is 0 Å². The molecule has 5 N–H and O–H groups in total. The van der Waals surface area contributed by atoms with Crippen molar-refractivity contribution in [2.75, 3.05) is 0 Å². The molecule has 1 rings (SSSR count). The molecule has 0 aromatic carbocycles. The fourth-order valence-electron chi connectivity index (χ4n) is 1.25. The van der Waals surface area contributed by atoms with E-state index in [1.54, 1.807) is 0 Å². The highest BCUT2D eigenvalue weighted by molar-refractivity contribution is 5.87. The Bertz CT molecular complexity index is 279. The lowest BCUT2D eigenvalue weighted by Crippen LogP contribution is -2.48. The van der Waals surface area contributed by atoms with Gasteiger partial charge in [-0.25, -0.2) is 0 Å². The van der Waals surface area contributed by atoms with E-state index in [1.165, 1.54) is 0 Å².